The van der Waals surface area contributed by atoms with E-state index in [-0.39, 0.29) is 0 Å². The Balaban J connectivity index is 1.82. The van der Waals surface area contributed by atoms with Crippen LogP contribution in [0.5, 0.6) is 0 Å². The second-order valence-electron chi connectivity index (χ2n) is 6.12. The van der Waals surface area contributed by atoms with Crippen LogP contribution in [0.15, 0.2) is 12.3 Å². The average molecular weight is 259 g/mol. The van der Waals surface area contributed by atoms with Crippen LogP contribution in [0.2, 0.25) is 0 Å². The van der Waals surface area contributed by atoms with Gasteiger partial charge in [-0.25, -0.2) is 4.98 Å². The van der Waals surface area contributed by atoms with Gasteiger partial charge in [0, 0.05) is 18.8 Å². The van der Waals surface area contributed by atoms with Gasteiger partial charge in [-0.1, -0.05) is 18.9 Å². The second-order valence-corrected chi connectivity index (χ2v) is 6.12. The van der Waals surface area contributed by atoms with Crippen molar-refractivity contribution in [3.05, 3.63) is 23.4 Å². The standard InChI is InChI=1S/C16H25N3/c1-12-10-13(6-8-17)11-18-16(12)19-9-7-14-4-2-3-5-15(14)19/h10-11,14-15H,2-9,17H2,1H3. The Hall–Kier alpha value is -1.09. The monoisotopic (exact) mass is 259 g/mol. The van der Waals surface area contributed by atoms with E-state index in [1.165, 1.54) is 55.6 Å². The topological polar surface area (TPSA) is 42.1 Å². The number of aryl methyl sites for hydroxylation is 1. The van der Waals surface area contributed by atoms with Gasteiger partial charge in [-0.2, -0.15) is 0 Å². The Bertz CT molecular complexity index is 444. The van der Waals surface area contributed by atoms with Gasteiger partial charge in [-0.05, 0) is 56.2 Å². The maximum Gasteiger partial charge on any atom is 0.131 e. The molecule has 19 heavy (non-hydrogen) atoms. The summed E-state index contributed by atoms with van der Waals surface area (Å²) in [7, 11) is 0. The molecule has 0 amide bonds. The molecule has 1 aromatic rings. The van der Waals surface area contributed by atoms with Crippen molar-refractivity contribution in [1.82, 2.24) is 4.98 Å². The predicted octanol–water partition coefficient (Wildman–Crippen LogP) is 2.66. The molecule has 0 aromatic carbocycles. The first-order valence-corrected chi connectivity index (χ1v) is 7.72. The summed E-state index contributed by atoms with van der Waals surface area (Å²) in [4.78, 5) is 7.32. The van der Waals surface area contributed by atoms with Crippen molar-refractivity contribution in [3.63, 3.8) is 0 Å². The summed E-state index contributed by atoms with van der Waals surface area (Å²) >= 11 is 0. The molecular weight excluding hydrogens is 234 g/mol. The van der Waals surface area contributed by atoms with E-state index in [4.69, 9.17) is 10.7 Å². The van der Waals surface area contributed by atoms with Crippen molar-refractivity contribution in [1.29, 1.82) is 0 Å². The van der Waals surface area contributed by atoms with Gasteiger partial charge in [0.05, 0.1) is 0 Å². The van der Waals surface area contributed by atoms with Gasteiger partial charge in [0.1, 0.15) is 5.82 Å². The molecule has 0 spiro atoms. The second kappa shape index (κ2) is 5.49. The number of anilines is 1. The molecule has 1 aliphatic heterocycles. The van der Waals surface area contributed by atoms with Crippen LogP contribution in [0.3, 0.4) is 0 Å². The van der Waals surface area contributed by atoms with E-state index in [0.717, 1.165) is 18.4 Å². The third kappa shape index (κ3) is 2.48. The first kappa shape index (κ1) is 12.9. The van der Waals surface area contributed by atoms with Crippen molar-refractivity contribution in [2.75, 3.05) is 18.0 Å². The minimum Gasteiger partial charge on any atom is -0.353 e. The molecule has 2 aliphatic rings. The number of fused-ring (bicyclic) bond motifs is 1. The van der Waals surface area contributed by atoms with E-state index < -0.39 is 0 Å². The largest absolute Gasteiger partial charge is 0.353 e. The predicted molar refractivity (Wildman–Crippen MR) is 79.4 cm³/mol. The van der Waals surface area contributed by atoms with Gasteiger partial charge in [0.15, 0.2) is 0 Å². The summed E-state index contributed by atoms with van der Waals surface area (Å²) in [6, 6.07) is 3.02. The lowest BCUT2D eigenvalue weighted by Gasteiger charge is -2.33. The van der Waals surface area contributed by atoms with Gasteiger partial charge in [-0.15, -0.1) is 0 Å². The van der Waals surface area contributed by atoms with E-state index in [0.29, 0.717) is 6.54 Å². The quantitative estimate of drug-likeness (QED) is 0.907. The maximum absolute atomic E-state index is 5.62. The fourth-order valence-corrected chi connectivity index (χ4v) is 3.90. The molecular formula is C16H25N3. The molecule has 0 radical (unpaired) electrons. The van der Waals surface area contributed by atoms with E-state index in [9.17, 15) is 0 Å². The lowest BCUT2D eigenvalue weighted by atomic mass is 9.85. The summed E-state index contributed by atoms with van der Waals surface area (Å²) < 4.78 is 0. The molecule has 104 valence electrons. The molecule has 3 nitrogen and oxygen atoms in total. The number of aromatic nitrogens is 1. The highest BCUT2D eigenvalue weighted by atomic mass is 15.2. The van der Waals surface area contributed by atoms with Crippen molar-refractivity contribution in [2.24, 2.45) is 11.7 Å². The Labute approximate surface area is 116 Å². The fraction of sp³-hybridized carbons (Fsp3) is 0.688. The molecule has 2 N–H and O–H groups in total. The van der Waals surface area contributed by atoms with Crippen LogP contribution in [-0.4, -0.2) is 24.1 Å². The molecule has 1 aliphatic carbocycles. The van der Waals surface area contributed by atoms with Crippen LogP contribution >= 0.6 is 0 Å². The molecule has 2 heterocycles. The van der Waals surface area contributed by atoms with Crippen LogP contribution in [0, 0.1) is 12.8 Å². The van der Waals surface area contributed by atoms with Crippen LogP contribution < -0.4 is 10.6 Å². The summed E-state index contributed by atoms with van der Waals surface area (Å²) in [5.41, 5.74) is 8.20. The number of hydrogen-bond donors (Lipinski definition) is 1. The molecule has 2 fully saturated rings. The number of rotatable bonds is 3. The van der Waals surface area contributed by atoms with Gasteiger partial charge in [0.2, 0.25) is 0 Å². The fourth-order valence-electron chi connectivity index (χ4n) is 3.90. The third-order valence-electron chi connectivity index (χ3n) is 4.82. The Morgan fingerprint density at radius 3 is 2.95 bits per heavy atom. The molecule has 1 saturated heterocycles. The molecule has 2 atom stereocenters. The first-order valence-electron chi connectivity index (χ1n) is 7.72. The lowest BCUT2D eigenvalue weighted by Crippen LogP contribution is -2.35. The highest BCUT2D eigenvalue weighted by molar-refractivity contribution is 5.49. The third-order valence-corrected chi connectivity index (χ3v) is 4.82. The number of nitrogens with zero attached hydrogens (tertiary/aromatic N) is 2. The van der Waals surface area contributed by atoms with E-state index in [2.05, 4.69) is 17.9 Å². The molecule has 3 heteroatoms. The Morgan fingerprint density at radius 2 is 2.16 bits per heavy atom. The lowest BCUT2D eigenvalue weighted by molar-refractivity contribution is 0.341. The molecule has 1 aromatic heterocycles. The van der Waals surface area contributed by atoms with Crippen LogP contribution in [0.25, 0.3) is 0 Å². The molecule has 3 rings (SSSR count). The van der Waals surface area contributed by atoms with Gasteiger partial charge >= 0.3 is 0 Å². The van der Waals surface area contributed by atoms with Gasteiger partial charge in [-0.3, -0.25) is 0 Å². The van der Waals surface area contributed by atoms with Crippen LogP contribution in [-0.2, 0) is 6.42 Å². The zero-order valence-corrected chi connectivity index (χ0v) is 11.9. The smallest absolute Gasteiger partial charge is 0.131 e. The normalized spacial score (nSPS) is 26.5. The van der Waals surface area contributed by atoms with Crippen LogP contribution in [0.1, 0.15) is 43.2 Å². The summed E-state index contributed by atoms with van der Waals surface area (Å²) in [6.07, 6.45) is 9.91. The van der Waals surface area contributed by atoms with E-state index in [1.807, 2.05) is 6.20 Å². The van der Waals surface area contributed by atoms with Crippen molar-refractivity contribution in [2.45, 2.75) is 51.5 Å². The zero-order valence-electron chi connectivity index (χ0n) is 11.9. The molecule has 0 bridgehead atoms. The van der Waals surface area contributed by atoms with Crippen LogP contribution in [0.4, 0.5) is 5.82 Å². The van der Waals surface area contributed by atoms with Crippen molar-refractivity contribution < 1.29 is 0 Å². The van der Waals surface area contributed by atoms with Crippen molar-refractivity contribution in [3.8, 4) is 0 Å². The van der Waals surface area contributed by atoms with E-state index >= 15 is 0 Å². The Kier molecular flexibility index (Phi) is 3.74. The molecule has 1 saturated carbocycles. The SMILES string of the molecule is Cc1cc(CCN)cnc1N1CCC2CCCCC21. The summed E-state index contributed by atoms with van der Waals surface area (Å²) in [5.74, 6) is 2.13. The van der Waals surface area contributed by atoms with E-state index in [1.54, 1.807) is 0 Å². The first-order chi connectivity index (χ1) is 9.29. The number of hydrogen-bond acceptors (Lipinski definition) is 3. The maximum atomic E-state index is 5.62. The highest BCUT2D eigenvalue weighted by Crippen LogP contribution is 2.39. The van der Waals surface area contributed by atoms with Gasteiger partial charge < -0.3 is 10.6 Å². The molecule has 2 unspecified atom stereocenters. The average Bonchev–Trinajstić information content (AvgIpc) is 2.83. The minimum atomic E-state index is 0.703. The summed E-state index contributed by atoms with van der Waals surface area (Å²) in [5, 5.41) is 0. The zero-order chi connectivity index (χ0) is 13.2. The minimum absolute atomic E-state index is 0.703. The Morgan fingerprint density at radius 1 is 1.32 bits per heavy atom. The van der Waals surface area contributed by atoms with Gasteiger partial charge in [0.25, 0.3) is 0 Å². The number of nitrogens with two attached hydrogens (primary N) is 1. The number of pyridine rings is 1. The van der Waals surface area contributed by atoms with Crippen molar-refractivity contribution >= 4 is 5.82 Å². The summed E-state index contributed by atoms with van der Waals surface area (Å²) in [6.45, 7) is 4.09. The highest BCUT2D eigenvalue weighted by Gasteiger charge is 2.36.